The maximum atomic E-state index is 12.6. The average Bonchev–Trinajstić information content (AvgIpc) is 2.09. The molecule has 7 heteroatoms. The normalized spacial score (nSPS) is 12.2. The van der Waals surface area contributed by atoms with E-state index in [1.807, 2.05) is 13.8 Å². The summed E-state index contributed by atoms with van der Waals surface area (Å²) in [4.78, 5) is 0. The minimum Gasteiger partial charge on any atom is -0.317 e. The zero-order chi connectivity index (χ0) is 12.7. The average molecular weight is 268 g/mol. The topological polar surface area (TPSA) is 9.86 Å². The van der Waals surface area contributed by atoms with Gasteiger partial charge in [0.1, 0.15) is 10.3 Å². The van der Waals surface area contributed by atoms with Crippen molar-refractivity contribution < 1.29 is 13.2 Å². The summed E-state index contributed by atoms with van der Waals surface area (Å²) < 4.78 is 40.5. The molecule has 0 saturated carbocycles. The number of nitrogens with zero attached hydrogens (tertiary/aromatic N) is 2. The Hall–Kier alpha value is -0.690. The van der Waals surface area contributed by atoms with Gasteiger partial charge in [-0.2, -0.15) is 13.2 Å². The lowest BCUT2D eigenvalue weighted by Gasteiger charge is -2.18. The number of rotatable bonds is 1. The molecule has 0 aliphatic carbocycles. The third-order valence-corrected chi connectivity index (χ3v) is 2.94. The highest BCUT2D eigenvalue weighted by Gasteiger charge is 2.33. The van der Waals surface area contributed by atoms with Gasteiger partial charge in [-0.3, -0.25) is 0 Å². The van der Waals surface area contributed by atoms with Crippen molar-refractivity contribution >= 4 is 24.4 Å². The molecule has 16 heavy (non-hydrogen) atoms. The summed E-state index contributed by atoms with van der Waals surface area (Å²) >= 11 is 9.89. The van der Waals surface area contributed by atoms with Crippen molar-refractivity contribution in [3.63, 3.8) is 0 Å². The van der Waals surface area contributed by atoms with E-state index in [-0.39, 0.29) is 15.5 Å². The van der Waals surface area contributed by atoms with Gasteiger partial charge in [0.25, 0.3) is 0 Å². The standard InChI is InChI=1S/C9H11F3N2S2/c1-5(2)14-7(15)4-6(9(10,11)12)13(3)8(14)16/h4-5H,1-3H3. The van der Waals surface area contributed by atoms with Gasteiger partial charge in [0.2, 0.25) is 0 Å². The number of hydrogen-bond acceptors (Lipinski definition) is 2. The van der Waals surface area contributed by atoms with Crippen molar-refractivity contribution in [2.45, 2.75) is 26.1 Å². The van der Waals surface area contributed by atoms with E-state index >= 15 is 0 Å². The summed E-state index contributed by atoms with van der Waals surface area (Å²) in [6.45, 7) is 3.64. The molecule has 2 nitrogen and oxygen atoms in total. The van der Waals surface area contributed by atoms with Gasteiger partial charge in [-0.15, -0.1) is 0 Å². The molecule has 0 amide bonds. The Balaban J connectivity index is 3.66. The third kappa shape index (κ3) is 2.35. The predicted octanol–water partition coefficient (Wildman–Crippen LogP) is 3.89. The number of alkyl halides is 3. The third-order valence-electron chi connectivity index (χ3n) is 2.16. The van der Waals surface area contributed by atoms with Crippen LogP contribution in [-0.2, 0) is 13.2 Å². The quantitative estimate of drug-likeness (QED) is 0.715. The molecular weight excluding hydrogens is 257 g/mol. The van der Waals surface area contributed by atoms with E-state index in [4.69, 9.17) is 24.4 Å². The van der Waals surface area contributed by atoms with E-state index in [2.05, 4.69) is 0 Å². The number of halogens is 3. The molecule has 1 aromatic heterocycles. The lowest BCUT2D eigenvalue weighted by Crippen LogP contribution is -2.20. The second-order valence-corrected chi connectivity index (χ2v) is 4.45. The van der Waals surface area contributed by atoms with Gasteiger partial charge < -0.3 is 9.13 Å². The molecule has 1 rings (SSSR count). The Kier molecular flexibility index (Phi) is 3.59. The van der Waals surface area contributed by atoms with Crippen molar-refractivity contribution in [3.8, 4) is 0 Å². The first-order valence-electron chi connectivity index (χ1n) is 4.56. The zero-order valence-corrected chi connectivity index (χ0v) is 10.6. The van der Waals surface area contributed by atoms with Crippen LogP contribution in [0.3, 0.4) is 0 Å². The summed E-state index contributed by atoms with van der Waals surface area (Å²) in [6, 6.07) is 0.874. The number of aromatic nitrogens is 2. The van der Waals surface area contributed by atoms with E-state index < -0.39 is 11.9 Å². The van der Waals surface area contributed by atoms with Crippen molar-refractivity contribution in [2.75, 3.05) is 0 Å². The van der Waals surface area contributed by atoms with Crippen LogP contribution >= 0.6 is 24.4 Å². The molecule has 0 bridgehead atoms. The van der Waals surface area contributed by atoms with Crippen molar-refractivity contribution in [3.05, 3.63) is 21.2 Å². The molecule has 0 aliphatic heterocycles. The van der Waals surface area contributed by atoms with E-state index in [9.17, 15) is 13.2 Å². The zero-order valence-electron chi connectivity index (χ0n) is 9.00. The van der Waals surface area contributed by atoms with Crippen molar-refractivity contribution in [1.29, 1.82) is 0 Å². The second kappa shape index (κ2) is 4.29. The van der Waals surface area contributed by atoms with Crippen LogP contribution in [0.4, 0.5) is 13.2 Å². The minimum atomic E-state index is -4.44. The van der Waals surface area contributed by atoms with Crippen LogP contribution < -0.4 is 0 Å². The van der Waals surface area contributed by atoms with Gasteiger partial charge in [-0.25, -0.2) is 0 Å². The predicted molar refractivity (Wildman–Crippen MR) is 60.5 cm³/mol. The molecule has 0 aliphatic rings. The van der Waals surface area contributed by atoms with Gasteiger partial charge in [0.15, 0.2) is 4.77 Å². The first-order valence-corrected chi connectivity index (χ1v) is 5.37. The largest absolute Gasteiger partial charge is 0.431 e. The molecule has 0 saturated heterocycles. The number of hydrogen-bond donors (Lipinski definition) is 0. The minimum absolute atomic E-state index is 0.0616. The van der Waals surface area contributed by atoms with Crippen LogP contribution in [0, 0.1) is 9.41 Å². The Morgan fingerprint density at radius 1 is 1.25 bits per heavy atom. The molecule has 1 aromatic rings. The maximum absolute atomic E-state index is 12.6. The Bertz CT molecular complexity index is 511. The summed E-state index contributed by atoms with van der Waals surface area (Å²) in [7, 11) is 1.29. The SMILES string of the molecule is CC(C)n1c(=S)cc(C(F)(F)F)n(C)c1=S. The van der Waals surface area contributed by atoms with E-state index in [1.165, 1.54) is 11.6 Å². The molecular formula is C9H11F3N2S2. The highest BCUT2D eigenvalue weighted by Crippen LogP contribution is 2.29. The first-order chi connectivity index (χ1) is 7.16. The van der Waals surface area contributed by atoms with Gasteiger partial charge in [0, 0.05) is 19.2 Å². The smallest absolute Gasteiger partial charge is 0.317 e. The summed E-state index contributed by atoms with van der Waals surface area (Å²) in [5.74, 6) is 0. The van der Waals surface area contributed by atoms with Crippen LogP contribution in [0.25, 0.3) is 0 Å². The molecule has 0 fully saturated rings. The maximum Gasteiger partial charge on any atom is 0.431 e. The fourth-order valence-corrected chi connectivity index (χ4v) is 2.26. The van der Waals surface area contributed by atoms with Crippen molar-refractivity contribution in [1.82, 2.24) is 9.13 Å². The summed E-state index contributed by atoms with van der Waals surface area (Å²) in [5.41, 5.74) is -0.820. The molecule has 0 spiro atoms. The lowest BCUT2D eigenvalue weighted by atomic mass is 10.3. The molecule has 90 valence electrons. The monoisotopic (exact) mass is 268 g/mol. The Labute approximate surface area is 101 Å². The molecule has 1 heterocycles. The van der Waals surface area contributed by atoms with Crippen LogP contribution in [0.2, 0.25) is 0 Å². The molecule has 0 unspecified atom stereocenters. The Morgan fingerprint density at radius 2 is 1.75 bits per heavy atom. The van der Waals surface area contributed by atoms with Crippen LogP contribution in [-0.4, -0.2) is 9.13 Å². The lowest BCUT2D eigenvalue weighted by molar-refractivity contribution is -0.143. The molecule has 0 atom stereocenters. The summed E-state index contributed by atoms with van der Waals surface area (Å²) in [5, 5.41) is 0. The second-order valence-electron chi connectivity index (χ2n) is 3.67. The van der Waals surface area contributed by atoms with E-state index in [1.54, 1.807) is 0 Å². The van der Waals surface area contributed by atoms with Gasteiger partial charge in [-0.1, -0.05) is 12.2 Å². The Morgan fingerprint density at radius 3 is 2.12 bits per heavy atom. The highest BCUT2D eigenvalue weighted by atomic mass is 32.1. The van der Waals surface area contributed by atoms with Crippen molar-refractivity contribution in [2.24, 2.45) is 7.05 Å². The fraction of sp³-hybridized carbons (Fsp3) is 0.556. The van der Waals surface area contributed by atoms with Crippen LogP contribution in [0.1, 0.15) is 25.6 Å². The summed E-state index contributed by atoms with van der Waals surface area (Å²) in [6.07, 6.45) is -4.44. The van der Waals surface area contributed by atoms with Gasteiger partial charge >= 0.3 is 6.18 Å². The van der Waals surface area contributed by atoms with E-state index in [0.717, 1.165) is 10.6 Å². The van der Waals surface area contributed by atoms with E-state index in [0.29, 0.717) is 0 Å². The van der Waals surface area contributed by atoms with Crippen LogP contribution in [0.15, 0.2) is 6.07 Å². The van der Waals surface area contributed by atoms with Gasteiger partial charge in [0.05, 0.1) is 0 Å². The first kappa shape index (κ1) is 13.4. The van der Waals surface area contributed by atoms with Crippen LogP contribution in [0.5, 0.6) is 0 Å². The molecule has 0 aromatic carbocycles. The molecule has 0 N–H and O–H groups in total. The van der Waals surface area contributed by atoms with Gasteiger partial charge in [-0.05, 0) is 26.1 Å². The fourth-order valence-electron chi connectivity index (χ4n) is 1.39. The highest BCUT2D eigenvalue weighted by molar-refractivity contribution is 7.72. The molecule has 0 radical (unpaired) electrons.